The Morgan fingerprint density at radius 2 is 2.06 bits per heavy atom. The second kappa shape index (κ2) is 4.56. The van der Waals surface area contributed by atoms with Crippen molar-refractivity contribution in [3.63, 3.8) is 0 Å². The molecule has 3 nitrogen and oxygen atoms in total. The molecule has 1 fully saturated rings. The van der Waals surface area contributed by atoms with Crippen LogP contribution in [0.3, 0.4) is 0 Å². The molecule has 0 aromatic heterocycles. The molecule has 3 heteroatoms. The van der Waals surface area contributed by atoms with Gasteiger partial charge in [0.25, 0.3) is 0 Å². The molecule has 1 aliphatic heterocycles. The van der Waals surface area contributed by atoms with Crippen LogP contribution in [0.2, 0.25) is 0 Å². The number of carboxylic acids is 1. The Kier molecular flexibility index (Phi) is 3.13. The van der Waals surface area contributed by atoms with Crippen LogP contribution < -0.4 is 4.90 Å². The lowest BCUT2D eigenvalue weighted by atomic mass is 9.96. The number of aliphatic carboxylic acids is 1. The molecule has 1 heterocycles. The zero-order valence-corrected chi connectivity index (χ0v) is 9.52. The Morgan fingerprint density at radius 3 is 2.62 bits per heavy atom. The maximum absolute atomic E-state index is 10.8. The van der Waals surface area contributed by atoms with Crippen molar-refractivity contribution < 1.29 is 9.90 Å². The molecule has 0 bridgehead atoms. The topological polar surface area (TPSA) is 40.5 Å². The molecular weight excluding hydrogens is 202 g/mol. The van der Waals surface area contributed by atoms with Gasteiger partial charge >= 0.3 is 5.97 Å². The standard InChI is InChI=1S/C13H17NO2/c1-10-3-2-4-12(9-10)14-7-5-11(6-8-14)13(15)16/h2-4,9,11H,5-8H2,1H3,(H,15,16). The summed E-state index contributed by atoms with van der Waals surface area (Å²) < 4.78 is 0. The normalized spacial score (nSPS) is 17.4. The number of anilines is 1. The second-order valence-electron chi connectivity index (χ2n) is 4.44. The lowest BCUT2D eigenvalue weighted by Crippen LogP contribution is -2.36. The van der Waals surface area contributed by atoms with Crippen LogP contribution in [-0.4, -0.2) is 24.2 Å². The molecule has 0 saturated carbocycles. The zero-order chi connectivity index (χ0) is 11.5. The van der Waals surface area contributed by atoms with Crippen molar-refractivity contribution in [1.29, 1.82) is 0 Å². The van der Waals surface area contributed by atoms with Crippen LogP contribution in [0.25, 0.3) is 0 Å². The summed E-state index contributed by atoms with van der Waals surface area (Å²) in [6.45, 7) is 3.77. The highest BCUT2D eigenvalue weighted by molar-refractivity contribution is 5.70. The van der Waals surface area contributed by atoms with Gasteiger partial charge in [-0.15, -0.1) is 0 Å². The first-order valence-electron chi connectivity index (χ1n) is 5.71. The Labute approximate surface area is 95.7 Å². The Hall–Kier alpha value is -1.51. The van der Waals surface area contributed by atoms with Crippen LogP contribution in [-0.2, 0) is 4.79 Å². The molecule has 16 heavy (non-hydrogen) atoms. The van der Waals surface area contributed by atoms with Gasteiger partial charge in [-0.2, -0.15) is 0 Å². The van der Waals surface area contributed by atoms with Crippen molar-refractivity contribution >= 4 is 11.7 Å². The number of carboxylic acid groups (broad SMARTS) is 1. The molecule has 1 saturated heterocycles. The van der Waals surface area contributed by atoms with E-state index in [1.54, 1.807) is 0 Å². The predicted molar refractivity (Wildman–Crippen MR) is 63.8 cm³/mol. The molecule has 1 aromatic rings. The van der Waals surface area contributed by atoms with Crippen molar-refractivity contribution in [2.45, 2.75) is 19.8 Å². The quantitative estimate of drug-likeness (QED) is 0.829. The molecule has 0 atom stereocenters. The Morgan fingerprint density at radius 1 is 1.38 bits per heavy atom. The summed E-state index contributed by atoms with van der Waals surface area (Å²) in [4.78, 5) is 13.1. The van der Waals surface area contributed by atoms with Gasteiger partial charge in [0.2, 0.25) is 0 Å². The van der Waals surface area contributed by atoms with Crippen molar-refractivity contribution in [3.8, 4) is 0 Å². The molecule has 0 radical (unpaired) electrons. The monoisotopic (exact) mass is 219 g/mol. The summed E-state index contributed by atoms with van der Waals surface area (Å²) in [6.07, 6.45) is 1.51. The fourth-order valence-corrected chi connectivity index (χ4v) is 2.21. The fraction of sp³-hybridized carbons (Fsp3) is 0.462. The highest BCUT2D eigenvalue weighted by Crippen LogP contribution is 2.23. The number of hydrogen-bond donors (Lipinski definition) is 1. The largest absolute Gasteiger partial charge is 0.481 e. The summed E-state index contributed by atoms with van der Waals surface area (Å²) in [5.74, 6) is -0.801. The molecule has 2 rings (SSSR count). The van der Waals surface area contributed by atoms with E-state index in [0.29, 0.717) is 0 Å². The lowest BCUT2D eigenvalue weighted by Gasteiger charge is -2.32. The van der Waals surface area contributed by atoms with Gasteiger partial charge in [-0.25, -0.2) is 0 Å². The number of hydrogen-bond acceptors (Lipinski definition) is 2. The summed E-state index contributed by atoms with van der Waals surface area (Å²) in [5.41, 5.74) is 2.46. The maximum Gasteiger partial charge on any atom is 0.306 e. The van der Waals surface area contributed by atoms with E-state index >= 15 is 0 Å². The molecule has 0 aliphatic carbocycles. The minimum absolute atomic E-state index is 0.152. The van der Waals surface area contributed by atoms with Gasteiger partial charge in [-0.3, -0.25) is 4.79 Å². The van der Waals surface area contributed by atoms with Crippen LogP contribution in [0.15, 0.2) is 24.3 Å². The van der Waals surface area contributed by atoms with Gasteiger partial charge in [-0.1, -0.05) is 12.1 Å². The molecule has 0 unspecified atom stereocenters. The third-order valence-corrected chi connectivity index (χ3v) is 3.21. The van der Waals surface area contributed by atoms with Gasteiger partial charge in [0.1, 0.15) is 0 Å². The highest BCUT2D eigenvalue weighted by atomic mass is 16.4. The van der Waals surface area contributed by atoms with E-state index in [-0.39, 0.29) is 5.92 Å². The van der Waals surface area contributed by atoms with Gasteiger partial charge in [-0.05, 0) is 37.5 Å². The van der Waals surface area contributed by atoms with E-state index in [1.807, 2.05) is 6.07 Å². The summed E-state index contributed by atoms with van der Waals surface area (Å²) in [7, 11) is 0. The van der Waals surface area contributed by atoms with Gasteiger partial charge in [0.15, 0.2) is 0 Å². The predicted octanol–water partition coefficient (Wildman–Crippen LogP) is 2.30. The van der Waals surface area contributed by atoms with Crippen molar-refractivity contribution in [2.75, 3.05) is 18.0 Å². The first-order valence-corrected chi connectivity index (χ1v) is 5.71. The van der Waals surface area contributed by atoms with E-state index in [1.165, 1.54) is 11.3 Å². The second-order valence-corrected chi connectivity index (χ2v) is 4.44. The van der Waals surface area contributed by atoms with E-state index in [4.69, 9.17) is 5.11 Å². The zero-order valence-electron chi connectivity index (χ0n) is 9.52. The van der Waals surface area contributed by atoms with Crippen LogP contribution in [0.1, 0.15) is 18.4 Å². The minimum Gasteiger partial charge on any atom is -0.481 e. The number of nitrogens with zero attached hydrogens (tertiary/aromatic N) is 1. The Balaban J connectivity index is 2.01. The summed E-state index contributed by atoms with van der Waals surface area (Å²) >= 11 is 0. The summed E-state index contributed by atoms with van der Waals surface area (Å²) in [5, 5.41) is 8.92. The van der Waals surface area contributed by atoms with Crippen LogP contribution in [0, 0.1) is 12.8 Å². The minimum atomic E-state index is -0.649. The third kappa shape index (κ3) is 2.35. The average Bonchev–Trinajstić information content (AvgIpc) is 2.29. The SMILES string of the molecule is Cc1cccc(N2CCC(C(=O)O)CC2)c1. The maximum atomic E-state index is 10.8. The van der Waals surface area contributed by atoms with E-state index in [0.717, 1.165) is 25.9 Å². The highest BCUT2D eigenvalue weighted by Gasteiger charge is 2.24. The number of rotatable bonds is 2. The summed E-state index contributed by atoms with van der Waals surface area (Å²) in [6, 6.07) is 8.37. The lowest BCUT2D eigenvalue weighted by molar-refractivity contribution is -0.142. The van der Waals surface area contributed by atoms with Crippen molar-refractivity contribution in [2.24, 2.45) is 5.92 Å². The third-order valence-electron chi connectivity index (χ3n) is 3.21. The number of piperidine rings is 1. The first-order chi connectivity index (χ1) is 7.66. The average molecular weight is 219 g/mol. The molecule has 86 valence electrons. The van der Waals surface area contributed by atoms with Gasteiger partial charge in [0, 0.05) is 18.8 Å². The fourth-order valence-electron chi connectivity index (χ4n) is 2.21. The van der Waals surface area contributed by atoms with Crippen LogP contribution in [0.5, 0.6) is 0 Å². The van der Waals surface area contributed by atoms with Crippen molar-refractivity contribution in [3.05, 3.63) is 29.8 Å². The molecule has 1 N–H and O–H groups in total. The molecule has 1 aromatic carbocycles. The molecule has 0 spiro atoms. The Bertz CT molecular complexity index is 381. The van der Waals surface area contributed by atoms with Crippen molar-refractivity contribution in [1.82, 2.24) is 0 Å². The van der Waals surface area contributed by atoms with E-state index < -0.39 is 5.97 Å². The number of aryl methyl sites for hydroxylation is 1. The van der Waals surface area contributed by atoms with E-state index in [2.05, 4.69) is 30.0 Å². The molecule has 0 amide bonds. The number of benzene rings is 1. The van der Waals surface area contributed by atoms with Crippen LogP contribution >= 0.6 is 0 Å². The van der Waals surface area contributed by atoms with Gasteiger partial charge in [0.05, 0.1) is 5.92 Å². The smallest absolute Gasteiger partial charge is 0.306 e. The molecule has 1 aliphatic rings. The van der Waals surface area contributed by atoms with Crippen LogP contribution in [0.4, 0.5) is 5.69 Å². The first kappa shape index (κ1) is 11.0. The number of carbonyl (C=O) groups is 1. The van der Waals surface area contributed by atoms with E-state index in [9.17, 15) is 4.79 Å². The molecular formula is C13H17NO2. The van der Waals surface area contributed by atoms with Gasteiger partial charge < -0.3 is 10.0 Å².